The summed E-state index contributed by atoms with van der Waals surface area (Å²) in [6.45, 7) is 4.47. The van der Waals surface area contributed by atoms with E-state index in [-0.39, 0.29) is 16.8 Å². The van der Waals surface area contributed by atoms with Gasteiger partial charge in [-0.2, -0.15) is 0 Å². The molecule has 0 aliphatic carbocycles. The number of hydrogen-bond acceptors (Lipinski definition) is 4. The third kappa shape index (κ3) is 4.06. The molecular formula is C15H23N3O3S. The van der Waals surface area contributed by atoms with Gasteiger partial charge in [-0.05, 0) is 38.1 Å². The van der Waals surface area contributed by atoms with Crippen molar-refractivity contribution in [2.45, 2.75) is 30.7 Å². The molecule has 0 radical (unpaired) electrons. The quantitative estimate of drug-likeness (QED) is 0.819. The summed E-state index contributed by atoms with van der Waals surface area (Å²) in [5.41, 5.74) is 0.964. The summed E-state index contributed by atoms with van der Waals surface area (Å²) in [6, 6.07) is 6.89. The van der Waals surface area contributed by atoms with Gasteiger partial charge in [-0.15, -0.1) is 0 Å². The number of nitrogens with zero attached hydrogens (tertiary/aromatic N) is 1. The Morgan fingerprint density at radius 2 is 2.05 bits per heavy atom. The van der Waals surface area contributed by atoms with Crippen LogP contribution in [0.25, 0.3) is 0 Å². The predicted octanol–water partition coefficient (Wildman–Crippen LogP) is 0.348. The van der Waals surface area contributed by atoms with Crippen LogP contribution >= 0.6 is 0 Å². The number of rotatable bonds is 5. The zero-order chi connectivity index (χ0) is 16.2. The van der Waals surface area contributed by atoms with Crippen molar-refractivity contribution in [2.75, 3.05) is 26.7 Å². The maximum absolute atomic E-state index is 12.2. The molecule has 1 amide bonds. The highest BCUT2D eigenvalue weighted by molar-refractivity contribution is 7.89. The van der Waals surface area contributed by atoms with Crippen molar-refractivity contribution in [1.82, 2.24) is 14.9 Å². The third-order valence-corrected chi connectivity index (χ3v) is 5.38. The molecule has 22 heavy (non-hydrogen) atoms. The molecule has 1 aromatic carbocycles. The number of amides is 1. The van der Waals surface area contributed by atoms with Crippen LogP contribution in [0.15, 0.2) is 29.2 Å². The fourth-order valence-corrected chi connectivity index (χ4v) is 3.29. The highest BCUT2D eigenvalue weighted by Gasteiger charge is 2.22. The first kappa shape index (κ1) is 16.9. The minimum absolute atomic E-state index is 0.154. The minimum atomic E-state index is -3.40. The molecule has 1 aromatic rings. The van der Waals surface area contributed by atoms with Crippen LogP contribution in [0.3, 0.4) is 0 Å². The van der Waals surface area contributed by atoms with Gasteiger partial charge in [-0.1, -0.05) is 12.1 Å². The predicted molar refractivity (Wildman–Crippen MR) is 85.1 cm³/mol. The molecule has 7 heteroatoms. The van der Waals surface area contributed by atoms with Crippen molar-refractivity contribution >= 4 is 15.9 Å². The number of benzene rings is 1. The number of nitrogens with one attached hydrogen (secondary N) is 2. The van der Waals surface area contributed by atoms with Crippen molar-refractivity contribution in [3.8, 4) is 0 Å². The maximum Gasteiger partial charge on any atom is 0.240 e. The number of hydrogen-bond donors (Lipinski definition) is 2. The Bertz CT molecular complexity index is 613. The molecule has 1 saturated heterocycles. The first-order chi connectivity index (χ1) is 10.4. The summed E-state index contributed by atoms with van der Waals surface area (Å²) in [6.07, 6.45) is 1.07. The minimum Gasteiger partial charge on any atom is -0.337 e. The van der Waals surface area contributed by atoms with E-state index in [0.29, 0.717) is 12.8 Å². The largest absolute Gasteiger partial charge is 0.337 e. The molecule has 1 atom stereocenters. The number of piperazine rings is 1. The van der Waals surface area contributed by atoms with Gasteiger partial charge in [0.15, 0.2) is 0 Å². The van der Waals surface area contributed by atoms with Crippen LogP contribution in [-0.2, 0) is 21.2 Å². The second-order valence-electron chi connectivity index (χ2n) is 5.49. The van der Waals surface area contributed by atoms with E-state index in [0.717, 1.165) is 25.2 Å². The molecule has 1 fully saturated rings. The summed E-state index contributed by atoms with van der Waals surface area (Å²) in [5.74, 6) is 0.154. The second-order valence-corrected chi connectivity index (χ2v) is 7.38. The number of sulfonamides is 1. The number of carbonyl (C=O) groups excluding carboxylic acids is 1. The van der Waals surface area contributed by atoms with Crippen molar-refractivity contribution in [2.24, 2.45) is 0 Å². The molecular weight excluding hydrogens is 302 g/mol. The Hall–Kier alpha value is -1.44. The highest BCUT2D eigenvalue weighted by Crippen LogP contribution is 2.13. The first-order valence-electron chi connectivity index (χ1n) is 7.46. The van der Waals surface area contributed by atoms with Crippen LogP contribution < -0.4 is 10.0 Å². The molecule has 0 bridgehead atoms. The zero-order valence-corrected chi connectivity index (χ0v) is 13.8. The fourth-order valence-electron chi connectivity index (χ4n) is 2.56. The molecule has 122 valence electrons. The van der Waals surface area contributed by atoms with E-state index in [4.69, 9.17) is 0 Å². The number of aryl methyl sites for hydroxylation is 1. The lowest BCUT2D eigenvalue weighted by Crippen LogP contribution is -2.52. The molecule has 1 heterocycles. The Labute approximate surface area is 131 Å². The molecule has 2 rings (SSSR count). The maximum atomic E-state index is 12.2. The van der Waals surface area contributed by atoms with E-state index in [9.17, 15) is 13.2 Å². The van der Waals surface area contributed by atoms with Gasteiger partial charge in [0.2, 0.25) is 15.9 Å². The van der Waals surface area contributed by atoms with Crippen molar-refractivity contribution in [3.63, 3.8) is 0 Å². The first-order valence-corrected chi connectivity index (χ1v) is 8.95. The SMILES string of the molecule is CNS(=O)(=O)c1ccc(CCC(=O)N2CCNC[C@@H]2C)cc1. The Kier molecular flexibility index (Phi) is 5.55. The van der Waals surface area contributed by atoms with Crippen LogP contribution in [0, 0.1) is 0 Å². The van der Waals surface area contributed by atoms with E-state index >= 15 is 0 Å². The van der Waals surface area contributed by atoms with E-state index < -0.39 is 10.0 Å². The van der Waals surface area contributed by atoms with E-state index in [1.165, 1.54) is 7.05 Å². The molecule has 1 aliphatic rings. The van der Waals surface area contributed by atoms with Crippen LogP contribution in [0.4, 0.5) is 0 Å². The average Bonchev–Trinajstić information content (AvgIpc) is 2.53. The smallest absolute Gasteiger partial charge is 0.240 e. The fraction of sp³-hybridized carbons (Fsp3) is 0.533. The Morgan fingerprint density at radius 3 is 2.64 bits per heavy atom. The highest BCUT2D eigenvalue weighted by atomic mass is 32.2. The van der Waals surface area contributed by atoms with E-state index in [1.807, 2.05) is 11.8 Å². The summed E-state index contributed by atoms with van der Waals surface area (Å²) < 4.78 is 25.6. The van der Waals surface area contributed by atoms with Crippen LogP contribution in [-0.4, -0.2) is 51.9 Å². The van der Waals surface area contributed by atoms with E-state index in [1.54, 1.807) is 24.3 Å². The molecule has 0 saturated carbocycles. The van der Waals surface area contributed by atoms with Gasteiger partial charge in [0, 0.05) is 32.1 Å². The van der Waals surface area contributed by atoms with Gasteiger partial charge in [-0.3, -0.25) is 4.79 Å². The van der Waals surface area contributed by atoms with Crippen molar-refractivity contribution in [3.05, 3.63) is 29.8 Å². The normalized spacial score (nSPS) is 19.2. The van der Waals surface area contributed by atoms with Gasteiger partial charge < -0.3 is 10.2 Å². The lowest BCUT2D eigenvalue weighted by atomic mass is 10.1. The molecule has 0 aromatic heterocycles. The molecule has 6 nitrogen and oxygen atoms in total. The van der Waals surface area contributed by atoms with Gasteiger partial charge in [-0.25, -0.2) is 13.1 Å². The second kappa shape index (κ2) is 7.21. The topological polar surface area (TPSA) is 78.5 Å². The van der Waals surface area contributed by atoms with Gasteiger partial charge >= 0.3 is 0 Å². The Morgan fingerprint density at radius 1 is 1.36 bits per heavy atom. The van der Waals surface area contributed by atoms with Crippen LogP contribution in [0.2, 0.25) is 0 Å². The average molecular weight is 325 g/mol. The summed E-state index contributed by atoms with van der Waals surface area (Å²) in [7, 11) is -2.02. The number of carbonyl (C=O) groups is 1. The van der Waals surface area contributed by atoms with Crippen LogP contribution in [0.5, 0.6) is 0 Å². The van der Waals surface area contributed by atoms with E-state index in [2.05, 4.69) is 10.0 Å². The Balaban J connectivity index is 1.93. The lowest BCUT2D eigenvalue weighted by Gasteiger charge is -2.34. The van der Waals surface area contributed by atoms with Gasteiger partial charge in [0.05, 0.1) is 4.90 Å². The van der Waals surface area contributed by atoms with Crippen molar-refractivity contribution < 1.29 is 13.2 Å². The third-order valence-electron chi connectivity index (χ3n) is 3.95. The molecule has 0 spiro atoms. The summed E-state index contributed by atoms with van der Waals surface area (Å²) >= 11 is 0. The summed E-state index contributed by atoms with van der Waals surface area (Å²) in [5, 5.41) is 3.26. The molecule has 1 aliphatic heterocycles. The standard InChI is InChI=1S/C15H23N3O3S/c1-12-11-17-9-10-18(12)15(19)8-5-13-3-6-14(7-4-13)22(20,21)16-2/h3-4,6-7,12,16-17H,5,8-11H2,1-2H3/t12-/m0/s1. The van der Waals surface area contributed by atoms with Gasteiger partial charge in [0.1, 0.15) is 0 Å². The molecule has 2 N–H and O–H groups in total. The van der Waals surface area contributed by atoms with Gasteiger partial charge in [0.25, 0.3) is 0 Å². The zero-order valence-electron chi connectivity index (χ0n) is 13.0. The van der Waals surface area contributed by atoms with Crippen LogP contribution in [0.1, 0.15) is 18.9 Å². The monoisotopic (exact) mass is 325 g/mol. The summed E-state index contributed by atoms with van der Waals surface area (Å²) in [4.78, 5) is 14.4. The lowest BCUT2D eigenvalue weighted by molar-refractivity contribution is -0.133. The van der Waals surface area contributed by atoms with Crippen molar-refractivity contribution in [1.29, 1.82) is 0 Å². The molecule has 0 unspecified atom stereocenters.